The van der Waals surface area contributed by atoms with Crippen molar-refractivity contribution in [3.05, 3.63) is 59.4 Å². The molecule has 6 heteroatoms. The van der Waals surface area contributed by atoms with Crippen molar-refractivity contribution in [2.24, 2.45) is 11.8 Å². The van der Waals surface area contributed by atoms with Crippen LogP contribution in [0.15, 0.2) is 42.5 Å². The number of aliphatic hydroxyl groups is 1. The maximum absolute atomic E-state index is 14.4. The molecule has 2 N–H and O–H groups in total. The van der Waals surface area contributed by atoms with Crippen molar-refractivity contribution in [3.63, 3.8) is 0 Å². The van der Waals surface area contributed by atoms with Gasteiger partial charge in [-0.2, -0.15) is 0 Å². The van der Waals surface area contributed by atoms with Crippen LogP contribution in [0.2, 0.25) is 0 Å². The molecule has 0 spiro atoms. The molecule has 1 atom stereocenters. The number of carboxylic acid groups (broad SMARTS) is 1. The minimum absolute atomic E-state index is 0.0403. The zero-order valence-electron chi connectivity index (χ0n) is 18.4. The van der Waals surface area contributed by atoms with Gasteiger partial charge in [0.25, 0.3) is 0 Å². The summed E-state index contributed by atoms with van der Waals surface area (Å²) in [6.45, 7) is 0.521. The lowest BCUT2D eigenvalue weighted by Gasteiger charge is -2.36. The molecule has 2 saturated carbocycles. The molecule has 2 fully saturated rings. The lowest BCUT2D eigenvalue weighted by Crippen LogP contribution is -2.34. The fourth-order valence-electron chi connectivity index (χ4n) is 4.87. The standard InChI is InChI=1S/C26H31FO5/c1-31-20-7-8-24(27)23(14-20)26(30)11-9-17(10-12-26)16-32-21-4-2-3-19(13-21)22(15-25(28)29)18-5-6-18/h2-4,7-8,13-14,17-18,22,30H,5-6,9-12,15-16H2,1H3,(H,28,29). The Morgan fingerprint density at radius 2 is 1.88 bits per heavy atom. The molecule has 2 aliphatic rings. The molecule has 0 aliphatic heterocycles. The van der Waals surface area contributed by atoms with E-state index in [0.29, 0.717) is 36.7 Å². The lowest BCUT2D eigenvalue weighted by molar-refractivity contribution is -0.137. The van der Waals surface area contributed by atoms with E-state index in [1.165, 1.54) is 13.2 Å². The SMILES string of the molecule is COc1ccc(F)c(C2(O)CCC(COc3cccc(C(CC(=O)O)C4CC4)c3)CC2)c1. The largest absolute Gasteiger partial charge is 0.497 e. The molecule has 172 valence electrons. The summed E-state index contributed by atoms with van der Waals surface area (Å²) in [6, 6.07) is 12.3. The Hall–Kier alpha value is -2.60. The number of hydrogen-bond donors (Lipinski definition) is 2. The van der Waals surface area contributed by atoms with Crippen LogP contribution < -0.4 is 9.47 Å². The minimum atomic E-state index is -1.19. The highest BCUT2D eigenvalue weighted by atomic mass is 19.1. The van der Waals surface area contributed by atoms with E-state index in [-0.39, 0.29) is 18.3 Å². The molecule has 0 heterocycles. The maximum atomic E-state index is 14.4. The second-order valence-corrected chi connectivity index (χ2v) is 9.25. The number of hydrogen-bond acceptors (Lipinski definition) is 4. The first-order valence-corrected chi connectivity index (χ1v) is 11.4. The molecule has 2 aromatic rings. The highest BCUT2D eigenvalue weighted by molar-refractivity contribution is 5.68. The first kappa shape index (κ1) is 22.6. The molecule has 4 rings (SSSR count). The van der Waals surface area contributed by atoms with Crippen LogP contribution in [0.3, 0.4) is 0 Å². The zero-order valence-corrected chi connectivity index (χ0v) is 18.4. The highest BCUT2D eigenvalue weighted by Crippen LogP contribution is 2.45. The van der Waals surface area contributed by atoms with Gasteiger partial charge in [-0.3, -0.25) is 4.79 Å². The Morgan fingerprint density at radius 1 is 1.12 bits per heavy atom. The van der Waals surface area contributed by atoms with Crippen LogP contribution >= 0.6 is 0 Å². The molecule has 0 amide bonds. The van der Waals surface area contributed by atoms with E-state index in [9.17, 15) is 19.4 Å². The Labute approximate surface area is 188 Å². The van der Waals surface area contributed by atoms with Gasteiger partial charge in [0.05, 0.1) is 25.7 Å². The van der Waals surface area contributed by atoms with Gasteiger partial charge in [0, 0.05) is 5.56 Å². The molecule has 32 heavy (non-hydrogen) atoms. The third-order valence-corrected chi connectivity index (χ3v) is 6.96. The Morgan fingerprint density at radius 3 is 2.53 bits per heavy atom. The molecular weight excluding hydrogens is 411 g/mol. The lowest BCUT2D eigenvalue weighted by atomic mass is 9.75. The monoisotopic (exact) mass is 442 g/mol. The van der Waals surface area contributed by atoms with Gasteiger partial charge in [-0.25, -0.2) is 4.39 Å². The van der Waals surface area contributed by atoms with Gasteiger partial charge < -0.3 is 19.7 Å². The smallest absolute Gasteiger partial charge is 0.303 e. The zero-order chi connectivity index (χ0) is 22.7. The van der Waals surface area contributed by atoms with Crippen molar-refractivity contribution in [2.45, 2.75) is 56.5 Å². The first-order valence-electron chi connectivity index (χ1n) is 11.4. The van der Waals surface area contributed by atoms with E-state index >= 15 is 0 Å². The predicted octanol–water partition coefficient (Wildman–Crippen LogP) is 5.26. The van der Waals surface area contributed by atoms with E-state index in [2.05, 4.69) is 0 Å². The molecule has 0 bridgehead atoms. The van der Waals surface area contributed by atoms with Gasteiger partial charge in [0.1, 0.15) is 17.3 Å². The van der Waals surface area contributed by atoms with Crippen LogP contribution in [0.5, 0.6) is 11.5 Å². The Bertz CT molecular complexity index is 947. The fraction of sp³-hybridized carbons (Fsp3) is 0.500. The fourth-order valence-corrected chi connectivity index (χ4v) is 4.87. The average molecular weight is 443 g/mol. The number of ether oxygens (including phenoxy) is 2. The van der Waals surface area contributed by atoms with E-state index in [0.717, 1.165) is 37.0 Å². The number of rotatable bonds is 9. The topological polar surface area (TPSA) is 76.0 Å². The number of benzene rings is 2. The van der Waals surface area contributed by atoms with Crippen molar-refractivity contribution in [2.75, 3.05) is 13.7 Å². The maximum Gasteiger partial charge on any atom is 0.303 e. The van der Waals surface area contributed by atoms with Crippen LogP contribution in [0.4, 0.5) is 4.39 Å². The Balaban J connectivity index is 1.35. The van der Waals surface area contributed by atoms with Gasteiger partial charge >= 0.3 is 5.97 Å². The Kier molecular flexibility index (Phi) is 6.70. The summed E-state index contributed by atoms with van der Waals surface area (Å²) in [4.78, 5) is 11.3. The summed E-state index contributed by atoms with van der Waals surface area (Å²) in [6.07, 6.45) is 4.72. The van der Waals surface area contributed by atoms with Crippen molar-refractivity contribution in [3.8, 4) is 11.5 Å². The molecular formula is C26H31FO5. The summed E-state index contributed by atoms with van der Waals surface area (Å²) in [5, 5.41) is 20.3. The number of methoxy groups -OCH3 is 1. The van der Waals surface area contributed by atoms with Crippen molar-refractivity contribution >= 4 is 5.97 Å². The molecule has 0 radical (unpaired) electrons. The van der Waals surface area contributed by atoms with Crippen LogP contribution in [0.1, 0.15) is 62.0 Å². The summed E-state index contributed by atoms with van der Waals surface area (Å²) in [5.74, 6) is 0.867. The van der Waals surface area contributed by atoms with Crippen LogP contribution in [0, 0.1) is 17.7 Å². The average Bonchev–Trinajstić information content (AvgIpc) is 3.63. The summed E-state index contributed by atoms with van der Waals surface area (Å²) >= 11 is 0. The number of halogens is 1. The third-order valence-electron chi connectivity index (χ3n) is 6.96. The number of aliphatic carboxylic acids is 1. The number of carbonyl (C=O) groups is 1. The van der Waals surface area contributed by atoms with Crippen LogP contribution in [0.25, 0.3) is 0 Å². The summed E-state index contributed by atoms with van der Waals surface area (Å²) < 4.78 is 25.6. The highest BCUT2D eigenvalue weighted by Gasteiger charge is 2.37. The van der Waals surface area contributed by atoms with Gasteiger partial charge in [-0.1, -0.05) is 12.1 Å². The second-order valence-electron chi connectivity index (χ2n) is 9.25. The quantitative estimate of drug-likeness (QED) is 0.554. The summed E-state index contributed by atoms with van der Waals surface area (Å²) in [7, 11) is 1.53. The van der Waals surface area contributed by atoms with E-state index < -0.39 is 17.4 Å². The molecule has 5 nitrogen and oxygen atoms in total. The van der Waals surface area contributed by atoms with Crippen molar-refractivity contribution in [1.82, 2.24) is 0 Å². The van der Waals surface area contributed by atoms with Gasteiger partial charge in [-0.15, -0.1) is 0 Å². The van der Waals surface area contributed by atoms with E-state index in [4.69, 9.17) is 9.47 Å². The van der Waals surface area contributed by atoms with Gasteiger partial charge in [0.2, 0.25) is 0 Å². The molecule has 1 unspecified atom stereocenters. The molecule has 0 aromatic heterocycles. The normalized spacial score (nSPS) is 24.0. The summed E-state index contributed by atoms with van der Waals surface area (Å²) in [5.41, 5.74) is 0.135. The minimum Gasteiger partial charge on any atom is -0.497 e. The second kappa shape index (κ2) is 9.49. The van der Waals surface area contributed by atoms with Gasteiger partial charge in [-0.05, 0) is 92.2 Å². The third kappa shape index (κ3) is 5.23. The molecule has 2 aliphatic carbocycles. The van der Waals surface area contributed by atoms with E-state index in [1.807, 2.05) is 24.3 Å². The predicted molar refractivity (Wildman–Crippen MR) is 118 cm³/mol. The van der Waals surface area contributed by atoms with Gasteiger partial charge in [0.15, 0.2) is 0 Å². The van der Waals surface area contributed by atoms with Crippen LogP contribution in [-0.4, -0.2) is 29.9 Å². The number of carboxylic acids is 1. The van der Waals surface area contributed by atoms with E-state index in [1.54, 1.807) is 12.1 Å². The molecule has 0 saturated heterocycles. The van der Waals surface area contributed by atoms with Crippen molar-refractivity contribution in [1.29, 1.82) is 0 Å². The van der Waals surface area contributed by atoms with Crippen molar-refractivity contribution < 1.29 is 28.9 Å². The first-order chi connectivity index (χ1) is 15.4. The van der Waals surface area contributed by atoms with Crippen LogP contribution in [-0.2, 0) is 10.4 Å². The molecule has 2 aromatic carbocycles.